The minimum Gasteiger partial charge on any atom is -0.381 e. The molecule has 0 aliphatic rings. The molecular formula is C14H13ClN2O. The highest BCUT2D eigenvalue weighted by Gasteiger charge is 2.01. The van der Waals surface area contributed by atoms with Gasteiger partial charge in [0.15, 0.2) is 0 Å². The van der Waals surface area contributed by atoms with Crippen molar-refractivity contribution < 1.29 is 4.79 Å². The molecule has 0 heterocycles. The Morgan fingerprint density at radius 1 is 1.11 bits per heavy atom. The van der Waals surface area contributed by atoms with Crippen LogP contribution in [-0.4, -0.2) is 5.91 Å². The van der Waals surface area contributed by atoms with E-state index in [0.29, 0.717) is 12.1 Å². The Morgan fingerprint density at radius 3 is 2.39 bits per heavy atom. The summed E-state index contributed by atoms with van der Waals surface area (Å²) in [4.78, 5) is 10.9. The molecule has 3 N–H and O–H groups in total. The molecule has 2 aromatic carbocycles. The van der Waals surface area contributed by atoms with E-state index >= 15 is 0 Å². The van der Waals surface area contributed by atoms with Gasteiger partial charge in [0.2, 0.25) is 5.91 Å². The number of hydrogen-bond donors (Lipinski definition) is 2. The molecule has 0 aliphatic carbocycles. The second-order valence-electron chi connectivity index (χ2n) is 3.89. The van der Waals surface area contributed by atoms with Gasteiger partial charge in [-0.1, -0.05) is 29.8 Å². The molecule has 0 fully saturated rings. The van der Waals surface area contributed by atoms with Gasteiger partial charge in [0.25, 0.3) is 0 Å². The lowest BCUT2D eigenvalue weighted by Gasteiger charge is -2.08. The van der Waals surface area contributed by atoms with Crippen molar-refractivity contribution in [2.75, 3.05) is 5.32 Å². The van der Waals surface area contributed by atoms with E-state index in [4.69, 9.17) is 17.3 Å². The van der Waals surface area contributed by atoms with E-state index in [-0.39, 0.29) is 0 Å². The summed E-state index contributed by atoms with van der Waals surface area (Å²) in [7, 11) is 0. The Labute approximate surface area is 111 Å². The fraction of sp³-hybridized carbons (Fsp3) is 0.0714. The molecule has 18 heavy (non-hydrogen) atoms. The van der Waals surface area contributed by atoms with Crippen LogP contribution in [0.5, 0.6) is 0 Å². The van der Waals surface area contributed by atoms with Crippen molar-refractivity contribution in [1.29, 1.82) is 0 Å². The average Bonchev–Trinajstić information content (AvgIpc) is 2.38. The highest BCUT2D eigenvalue weighted by Crippen LogP contribution is 2.17. The van der Waals surface area contributed by atoms with Crippen LogP contribution in [0, 0.1) is 0 Å². The zero-order valence-electron chi connectivity index (χ0n) is 9.69. The molecule has 3 nitrogen and oxygen atoms in total. The van der Waals surface area contributed by atoms with E-state index in [1.165, 1.54) is 0 Å². The Hall–Kier alpha value is -2.00. The third-order valence-corrected chi connectivity index (χ3v) is 2.98. The zero-order chi connectivity index (χ0) is 13.0. The second kappa shape index (κ2) is 5.56. The van der Waals surface area contributed by atoms with Crippen LogP contribution in [0.2, 0.25) is 5.02 Å². The summed E-state index contributed by atoms with van der Waals surface area (Å²) in [6.07, 6.45) is 0. The number of benzene rings is 2. The summed E-state index contributed by atoms with van der Waals surface area (Å²) >= 11 is 6.06. The largest absolute Gasteiger partial charge is 0.381 e. The lowest BCUT2D eigenvalue weighted by Crippen LogP contribution is -2.10. The van der Waals surface area contributed by atoms with Gasteiger partial charge in [0, 0.05) is 22.8 Å². The molecule has 0 radical (unpaired) electrons. The number of rotatable bonds is 4. The van der Waals surface area contributed by atoms with E-state index in [1.54, 1.807) is 12.1 Å². The fourth-order valence-electron chi connectivity index (χ4n) is 1.59. The predicted octanol–water partition coefficient (Wildman–Crippen LogP) is 3.05. The third kappa shape index (κ3) is 3.02. The maximum Gasteiger partial charge on any atom is 0.248 e. The van der Waals surface area contributed by atoms with E-state index in [9.17, 15) is 4.79 Å². The number of carbonyl (C=O) groups excluding carboxylic acids is 1. The second-order valence-corrected chi connectivity index (χ2v) is 4.29. The van der Waals surface area contributed by atoms with Gasteiger partial charge in [-0.2, -0.15) is 0 Å². The molecule has 1 amide bonds. The van der Waals surface area contributed by atoms with Crippen LogP contribution in [0.1, 0.15) is 15.9 Å². The van der Waals surface area contributed by atoms with Crippen LogP contribution in [0.15, 0.2) is 48.5 Å². The van der Waals surface area contributed by atoms with Crippen molar-refractivity contribution in [2.24, 2.45) is 5.73 Å². The summed E-state index contributed by atoms with van der Waals surface area (Å²) in [5.41, 5.74) is 7.61. The topological polar surface area (TPSA) is 55.1 Å². The van der Waals surface area contributed by atoms with E-state index in [1.807, 2.05) is 36.4 Å². The minimum absolute atomic E-state index is 0.423. The molecule has 0 unspecified atom stereocenters. The van der Waals surface area contributed by atoms with Crippen molar-refractivity contribution >= 4 is 23.2 Å². The summed E-state index contributed by atoms with van der Waals surface area (Å²) in [6, 6.07) is 14.7. The van der Waals surface area contributed by atoms with Gasteiger partial charge < -0.3 is 11.1 Å². The molecule has 0 atom stereocenters. The zero-order valence-corrected chi connectivity index (χ0v) is 10.4. The van der Waals surface area contributed by atoms with Gasteiger partial charge in [0.1, 0.15) is 0 Å². The summed E-state index contributed by atoms with van der Waals surface area (Å²) < 4.78 is 0. The van der Waals surface area contributed by atoms with Crippen LogP contribution in [0.3, 0.4) is 0 Å². The van der Waals surface area contributed by atoms with E-state index < -0.39 is 5.91 Å². The van der Waals surface area contributed by atoms with Gasteiger partial charge in [-0.25, -0.2) is 0 Å². The Morgan fingerprint density at radius 2 is 1.78 bits per heavy atom. The van der Waals surface area contributed by atoms with Crippen molar-refractivity contribution in [3.63, 3.8) is 0 Å². The van der Waals surface area contributed by atoms with Gasteiger partial charge >= 0.3 is 0 Å². The monoisotopic (exact) mass is 260 g/mol. The number of amides is 1. The van der Waals surface area contributed by atoms with Crippen molar-refractivity contribution in [3.05, 3.63) is 64.7 Å². The van der Waals surface area contributed by atoms with Gasteiger partial charge in [0.05, 0.1) is 0 Å². The number of primary amides is 1. The Kier molecular flexibility index (Phi) is 3.85. The van der Waals surface area contributed by atoms with Crippen molar-refractivity contribution in [1.82, 2.24) is 0 Å². The van der Waals surface area contributed by atoms with Crippen LogP contribution in [-0.2, 0) is 6.54 Å². The first-order chi connectivity index (χ1) is 8.66. The molecule has 0 saturated heterocycles. The average molecular weight is 261 g/mol. The van der Waals surface area contributed by atoms with Crippen LogP contribution in [0.25, 0.3) is 0 Å². The van der Waals surface area contributed by atoms with Gasteiger partial charge in [-0.15, -0.1) is 0 Å². The Balaban J connectivity index is 2.02. The fourth-order valence-corrected chi connectivity index (χ4v) is 1.79. The van der Waals surface area contributed by atoms with E-state index in [2.05, 4.69) is 5.32 Å². The quantitative estimate of drug-likeness (QED) is 0.888. The highest BCUT2D eigenvalue weighted by atomic mass is 35.5. The third-order valence-electron chi connectivity index (χ3n) is 2.61. The maximum atomic E-state index is 10.9. The van der Waals surface area contributed by atoms with Crippen LogP contribution < -0.4 is 11.1 Å². The van der Waals surface area contributed by atoms with Gasteiger partial charge in [-0.05, 0) is 35.9 Å². The molecule has 92 valence electrons. The summed E-state index contributed by atoms with van der Waals surface area (Å²) in [5, 5.41) is 3.97. The van der Waals surface area contributed by atoms with Crippen molar-refractivity contribution in [3.8, 4) is 0 Å². The number of halogens is 1. The molecular weight excluding hydrogens is 248 g/mol. The molecule has 0 saturated carbocycles. The first-order valence-electron chi connectivity index (χ1n) is 5.54. The molecule has 2 aromatic rings. The standard InChI is InChI=1S/C14H13ClN2O/c15-13-4-2-1-3-11(13)9-17-12-7-5-10(6-8-12)14(16)18/h1-8,17H,9H2,(H2,16,18). The summed E-state index contributed by atoms with van der Waals surface area (Å²) in [5.74, 6) is -0.423. The molecule has 2 rings (SSSR count). The number of nitrogens with two attached hydrogens (primary N) is 1. The molecule has 0 spiro atoms. The van der Waals surface area contributed by atoms with Crippen LogP contribution in [0.4, 0.5) is 5.69 Å². The predicted molar refractivity (Wildman–Crippen MR) is 73.7 cm³/mol. The van der Waals surface area contributed by atoms with Gasteiger partial charge in [-0.3, -0.25) is 4.79 Å². The number of carbonyl (C=O) groups is 1. The molecule has 0 aliphatic heterocycles. The SMILES string of the molecule is NC(=O)c1ccc(NCc2ccccc2Cl)cc1. The first-order valence-corrected chi connectivity index (χ1v) is 5.92. The molecule has 0 aromatic heterocycles. The normalized spacial score (nSPS) is 10.1. The number of hydrogen-bond acceptors (Lipinski definition) is 2. The molecule has 0 bridgehead atoms. The smallest absolute Gasteiger partial charge is 0.248 e. The highest BCUT2D eigenvalue weighted by molar-refractivity contribution is 6.31. The van der Waals surface area contributed by atoms with E-state index in [0.717, 1.165) is 16.3 Å². The Bertz CT molecular complexity index is 552. The summed E-state index contributed by atoms with van der Waals surface area (Å²) in [6.45, 7) is 0.635. The number of nitrogens with one attached hydrogen (secondary N) is 1. The minimum atomic E-state index is -0.423. The first kappa shape index (κ1) is 12.5. The number of anilines is 1. The maximum absolute atomic E-state index is 10.9. The van der Waals surface area contributed by atoms with Crippen molar-refractivity contribution in [2.45, 2.75) is 6.54 Å². The molecule has 4 heteroatoms. The lowest BCUT2D eigenvalue weighted by molar-refractivity contribution is 0.100. The van der Waals surface area contributed by atoms with Crippen LogP contribution >= 0.6 is 11.6 Å². The lowest BCUT2D eigenvalue weighted by atomic mass is 10.2.